The van der Waals surface area contributed by atoms with E-state index in [2.05, 4.69) is 37.1 Å². The summed E-state index contributed by atoms with van der Waals surface area (Å²) >= 11 is 1.88. The van der Waals surface area contributed by atoms with Crippen LogP contribution in [-0.2, 0) is 6.54 Å². The van der Waals surface area contributed by atoms with Gasteiger partial charge in [0.1, 0.15) is 0 Å². The molecule has 0 unspecified atom stereocenters. The van der Waals surface area contributed by atoms with E-state index in [9.17, 15) is 0 Å². The van der Waals surface area contributed by atoms with Crippen molar-refractivity contribution in [3.63, 3.8) is 0 Å². The Bertz CT molecular complexity index is 321. The Morgan fingerprint density at radius 1 is 1.43 bits per heavy atom. The highest BCUT2D eigenvalue weighted by molar-refractivity contribution is 7.12. The molecule has 0 atom stereocenters. The molecule has 76 valence electrons. The van der Waals surface area contributed by atoms with Gasteiger partial charge in [-0.3, -0.25) is 0 Å². The normalized spacial score (nSPS) is 9.64. The Labute approximate surface area is 90.5 Å². The highest BCUT2D eigenvalue weighted by Crippen LogP contribution is 2.19. The minimum atomic E-state index is 0.944. The molecule has 0 amide bonds. The molecule has 0 fully saturated rings. The third kappa shape index (κ3) is 3.53. The van der Waals surface area contributed by atoms with Crippen molar-refractivity contribution < 1.29 is 0 Å². The fourth-order valence-corrected chi connectivity index (χ4v) is 2.25. The maximum atomic E-state index is 3.38. The van der Waals surface area contributed by atoms with Crippen molar-refractivity contribution in [1.29, 1.82) is 0 Å². The average molecular weight is 207 g/mol. The predicted molar refractivity (Wildman–Crippen MR) is 63.6 cm³/mol. The molecule has 1 N–H and O–H groups in total. The van der Waals surface area contributed by atoms with Gasteiger partial charge in [-0.2, -0.15) is 0 Å². The molecule has 2 heteroatoms. The smallest absolute Gasteiger partial charge is 0.0300 e. The first-order valence-electron chi connectivity index (χ1n) is 4.90. The first-order valence-corrected chi connectivity index (χ1v) is 5.72. The Kier molecular flexibility index (Phi) is 4.72. The van der Waals surface area contributed by atoms with E-state index in [0.29, 0.717) is 0 Å². The maximum absolute atomic E-state index is 3.38. The first kappa shape index (κ1) is 11.3. The van der Waals surface area contributed by atoms with Crippen LogP contribution in [0.5, 0.6) is 0 Å². The van der Waals surface area contributed by atoms with E-state index in [1.807, 2.05) is 18.3 Å². The van der Waals surface area contributed by atoms with Crippen LogP contribution in [-0.4, -0.2) is 6.54 Å². The lowest BCUT2D eigenvalue weighted by Gasteiger charge is -1.98. The molecule has 0 bridgehead atoms. The van der Waals surface area contributed by atoms with Gasteiger partial charge in [0.2, 0.25) is 0 Å². The number of rotatable bonds is 4. The number of hydrogen-bond donors (Lipinski definition) is 1. The van der Waals surface area contributed by atoms with Crippen LogP contribution in [0.15, 0.2) is 6.07 Å². The summed E-state index contributed by atoms with van der Waals surface area (Å²) in [6.07, 6.45) is 0.944. The molecule has 1 rings (SSSR count). The highest BCUT2D eigenvalue weighted by Gasteiger charge is 1.99. The second-order valence-corrected chi connectivity index (χ2v) is 4.65. The Morgan fingerprint density at radius 2 is 2.21 bits per heavy atom. The molecule has 0 aliphatic rings. The zero-order valence-electron chi connectivity index (χ0n) is 9.11. The van der Waals surface area contributed by atoms with Gasteiger partial charge >= 0.3 is 0 Å². The second kappa shape index (κ2) is 5.85. The predicted octanol–water partition coefficient (Wildman–Crippen LogP) is 2.87. The summed E-state index contributed by atoms with van der Waals surface area (Å²) in [4.78, 5) is 2.85. The van der Waals surface area contributed by atoms with Crippen LogP contribution in [0.1, 0.15) is 28.7 Å². The van der Waals surface area contributed by atoms with Crippen LogP contribution >= 0.6 is 11.3 Å². The fourth-order valence-electron chi connectivity index (χ4n) is 1.22. The summed E-state index contributed by atoms with van der Waals surface area (Å²) in [6.45, 7) is 8.18. The van der Waals surface area contributed by atoms with Crippen LogP contribution < -0.4 is 5.32 Å². The minimum absolute atomic E-state index is 0.944. The van der Waals surface area contributed by atoms with Gasteiger partial charge in [-0.05, 0) is 32.4 Å². The molecule has 0 spiro atoms. The van der Waals surface area contributed by atoms with Crippen LogP contribution in [0.3, 0.4) is 0 Å². The lowest BCUT2D eigenvalue weighted by molar-refractivity contribution is 0.708. The standard InChI is InChI=1S/C12H17NS/c1-4-5-6-7-13-9-12-8-10(2)11(3)14-12/h8,13H,6-7,9H2,1-3H3. The van der Waals surface area contributed by atoms with Crippen molar-refractivity contribution in [2.75, 3.05) is 6.54 Å². The van der Waals surface area contributed by atoms with Gasteiger partial charge in [-0.1, -0.05) is 0 Å². The number of thiophene rings is 1. The first-order chi connectivity index (χ1) is 6.74. The molecule has 0 radical (unpaired) electrons. The van der Waals surface area contributed by atoms with E-state index < -0.39 is 0 Å². The van der Waals surface area contributed by atoms with Crippen molar-refractivity contribution in [1.82, 2.24) is 5.32 Å². The molecule has 1 heterocycles. The van der Waals surface area contributed by atoms with Crippen molar-refractivity contribution in [3.05, 3.63) is 21.4 Å². The zero-order valence-corrected chi connectivity index (χ0v) is 9.92. The van der Waals surface area contributed by atoms with Gasteiger partial charge in [0.15, 0.2) is 0 Å². The lowest BCUT2D eigenvalue weighted by atomic mass is 10.3. The molecule has 1 aromatic heterocycles. The summed E-state index contributed by atoms with van der Waals surface area (Å²) in [7, 11) is 0. The Hall–Kier alpha value is -0.780. The largest absolute Gasteiger partial charge is 0.311 e. The number of aryl methyl sites for hydroxylation is 2. The minimum Gasteiger partial charge on any atom is -0.311 e. The lowest BCUT2D eigenvalue weighted by Crippen LogP contribution is -2.13. The van der Waals surface area contributed by atoms with Crippen molar-refractivity contribution in [3.8, 4) is 11.8 Å². The quantitative estimate of drug-likeness (QED) is 0.591. The zero-order chi connectivity index (χ0) is 10.4. The van der Waals surface area contributed by atoms with Gasteiger partial charge < -0.3 is 5.32 Å². The summed E-state index contributed by atoms with van der Waals surface area (Å²) < 4.78 is 0. The van der Waals surface area contributed by atoms with E-state index in [-0.39, 0.29) is 0 Å². The topological polar surface area (TPSA) is 12.0 Å². The average Bonchev–Trinajstić information content (AvgIpc) is 2.46. The second-order valence-electron chi connectivity index (χ2n) is 3.31. The molecule has 1 aromatic rings. The van der Waals surface area contributed by atoms with Crippen molar-refractivity contribution >= 4 is 11.3 Å². The highest BCUT2D eigenvalue weighted by atomic mass is 32.1. The van der Waals surface area contributed by atoms with E-state index in [0.717, 1.165) is 19.5 Å². The maximum Gasteiger partial charge on any atom is 0.0300 e. The van der Waals surface area contributed by atoms with Crippen LogP contribution in [0.2, 0.25) is 0 Å². The molecule has 14 heavy (non-hydrogen) atoms. The van der Waals surface area contributed by atoms with Crippen LogP contribution in [0.25, 0.3) is 0 Å². The van der Waals surface area contributed by atoms with Gasteiger partial charge in [0.25, 0.3) is 0 Å². The third-order valence-corrected chi connectivity index (χ3v) is 3.27. The Balaban J connectivity index is 2.27. The molecular weight excluding hydrogens is 190 g/mol. The molecule has 0 saturated heterocycles. The fraction of sp³-hybridized carbons (Fsp3) is 0.500. The third-order valence-electron chi connectivity index (χ3n) is 2.12. The number of hydrogen-bond acceptors (Lipinski definition) is 2. The van der Waals surface area contributed by atoms with Crippen molar-refractivity contribution in [2.45, 2.75) is 33.7 Å². The molecule has 0 aliphatic carbocycles. The number of nitrogens with one attached hydrogen (secondary N) is 1. The summed E-state index contributed by atoms with van der Waals surface area (Å²) in [5.74, 6) is 5.93. The monoisotopic (exact) mass is 207 g/mol. The van der Waals surface area contributed by atoms with E-state index in [1.54, 1.807) is 0 Å². The van der Waals surface area contributed by atoms with Gasteiger partial charge in [-0.15, -0.1) is 23.2 Å². The van der Waals surface area contributed by atoms with Gasteiger partial charge in [0.05, 0.1) is 0 Å². The summed E-state index contributed by atoms with van der Waals surface area (Å²) in [5.41, 5.74) is 1.40. The summed E-state index contributed by atoms with van der Waals surface area (Å²) in [5, 5.41) is 3.38. The van der Waals surface area contributed by atoms with Gasteiger partial charge in [-0.25, -0.2) is 0 Å². The van der Waals surface area contributed by atoms with Crippen LogP contribution in [0, 0.1) is 25.7 Å². The van der Waals surface area contributed by atoms with Gasteiger partial charge in [0, 0.05) is 29.3 Å². The summed E-state index contributed by atoms with van der Waals surface area (Å²) in [6, 6.07) is 2.26. The van der Waals surface area contributed by atoms with Crippen LogP contribution in [0.4, 0.5) is 0 Å². The van der Waals surface area contributed by atoms with E-state index >= 15 is 0 Å². The molecule has 0 aromatic carbocycles. The SMILES string of the molecule is CC#CCCNCc1cc(C)c(C)s1. The Morgan fingerprint density at radius 3 is 2.79 bits per heavy atom. The van der Waals surface area contributed by atoms with E-state index in [1.165, 1.54) is 15.3 Å². The van der Waals surface area contributed by atoms with E-state index in [4.69, 9.17) is 0 Å². The molecule has 1 nitrogen and oxygen atoms in total. The molecule has 0 aliphatic heterocycles. The molecular formula is C12H17NS. The molecule has 0 saturated carbocycles. The van der Waals surface area contributed by atoms with Crippen molar-refractivity contribution in [2.24, 2.45) is 0 Å².